The number of hydrogen-bond acceptors (Lipinski definition) is 3. The lowest BCUT2D eigenvalue weighted by molar-refractivity contribution is 0.0667. The SMILES string of the molecule is C=CS(=O)(=O)NCC1CCCN(C(=O)c2cccn2C)C1. The number of sulfonamides is 1. The van der Waals surface area contributed by atoms with Gasteiger partial charge in [0, 0.05) is 38.3 Å². The van der Waals surface area contributed by atoms with Crippen molar-refractivity contribution in [3.8, 4) is 0 Å². The lowest BCUT2D eigenvalue weighted by atomic mass is 9.98. The number of aryl methyl sites for hydroxylation is 1. The number of nitrogens with one attached hydrogen (secondary N) is 1. The topological polar surface area (TPSA) is 71.4 Å². The second kappa shape index (κ2) is 6.44. The molecule has 1 saturated heterocycles. The molecule has 1 amide bonds. The smallest absolute Gasteiger partial charge is 0.270 e. The van der Waals surface area contributed by atoms with Crippen LogP contribution in [0.1, 0.15) is 23.3 Å². The van der Waals surface area contributed by atoms with Crippen LogP contribution in [0, 0.1) is 5.92 Å². The molecular formula is C14H21N3O3S. The van der Waals surface area contributed by atoms with E-state index >= 15 is 0 Å². The maximum Gasteiger partial charge on any atom is 0.270 e. The number of hydrogen-bond donors (Lipinski definition) is 1. The highest BCUT2D eigenvalue weighted by Crippen LogP contribution is 2.18. The van der Waals surface area contributed by atoms with Gasteiger partial charge in [0.15, 0.2) is 0 Å². The van der Waals surface area contributed by atoms with Crippen LogP contribution in [0.5, 0.6) is 0 Å². The average molecular weight is 311 g/mol. The van der Waals surface area contributed by atoms with E-state index in [1.807, 2.05) is 19.3 Å². The number of aromatic nitrogens is 1. The molecule has 0 spiro atoms. The highest BCUT2D eigenvalue weighted by Gasteiger charge is 2.26. The van der Waals surface area contributed by atoms with E-state index in [-0.39, 0.29) is 11.8 Å². The molecule has 1 aromatic heterocycles. The number of nitrogens with zero attached hydrogens (tertiary/aromatic N) is 2. The molecular weight excluding hydrogens is 290 g/mol. The summed E-state index contributed by atoms with van der Waals surface area (Å²) in [4.78, 5) is 14.2. The predicted molar refractivity (Wildman–Crippen MR) is 81.2 cm³/mol. The van der Waals surface area contributed by atoms with Gasteiger partial charge < -0.3 is 9.47 Å². The van der Waals surface area contributed by atoms with Crippen LogP contribution in [0.3, 0.4) is 0 Å². The maximum atomic E-state index is 12.4. The van der Waals surface area contributed by atoms with E-state index in [0.717, 1.165) is 18.2 Å². The average Bonchev–Trinajstić information content (AvgIpc) is 2.91. The van der Waals surface area contributed by atoms with Crippen molar-refractivity contribution in [3.63, 3.8) is 0 Å². The van der Waals surface area contributed by atoms with E-state index in [1.54, 1.807) is 15.5 Å². The molecule has 0 aliphatic carbocycles. The first kappa shape index (κ1) is 15.8. The van der Waals surface area contributed by atoms with Crippen molar-refractivity contribution in [2.24, 2.45) is 13.0 Å². The van der Waals surface area contributed by atoms with Crippen molar-refractivity contribution >= 4 is 15.9 Å². The Labute approximate surface area is 125 Å². The minimum Gasteiger partial charge on any atom is -0.347 e. The molecule has 1 aromatic rings. The third kappa shape index (κ3) is 3.95. The highest BCUT2D eigenvalue weighted by atomic mass is 32.2. The minimum atomic E-state index is -3.40. The number of amides is 1. The molecule has 1 N–H and O–H groups in total. The van der Waals surface area contributed by atoms with Crippen molar-refractivity contribution in [3.05, 3.63) is 36.0 Å². The summed E-state index contributed by atoms with van der Waals surface area (Å²) in [5, 5.41) is 0.905. The van der Waals surface area contributed by atoms with Gasteiger partial charge in [0.2, 0.25) is 10.0 Å². The van der Waals surface area contributed by atoms with E-state index in [9.17, 15) is 13.2 Å². The van der Waals surface area contributed by atoms with Crippen LogP contribution in [-0.2, 0) is 17.1 Å². The highest BCUT2D eigenvalue weighted by molar-refractivity contribution is 7.92. The van der Waals surface area contributed by atoms with Crippen LogP contribution < -0.4 is 4.72 Å². The van der Waals surface area contributed by atoms with Gasteiger partial charge in [-0.3, -0.25) is 4.79 Å². The molecule has 2 rings (SSSR count). The lowest BCUT2D eigenvalue weighted by Crippen LogP contribution is -2.43. The fourth-order valence-corrected chi connectivity index (χ4v) is 3.14. The van der Waals surface area contributed by atoms with Gasteiger partial charge in [0.1, 0.15) is 5.69 Å². The van der Waals surface area contributed by atoms with Crippen molar-refractivity contribution in [1.29, 1.82) is 0 Å². The quantitative estimate of drug-likeness (QED) is 0.880. The van der Waals surface area contributed by atoms with Crippen LogP contribution in [0.25, 0.3) is 0 Å². The zero-order valence-corrected chi connectivity index (χ0v) is 13.0. The third-order valence-corrected chi connectivity index (χ3v) is 4.77. The van der Waals surface area contributed by atoms with Crippen LogP contribution in [0.2, 0.25) is 0 Å². The number of carbonyl (C=O) groups excluding carboxylic acids is 1. The number of carbonyl (C=O) groups is 1. The van der Waals surface area contributed by atoms with Crippen LogP contribution in [0.15, 0.2) is 30.3 Å². The van der Waals surface area contributed by atoms with Crippen molar-refractivity contribution < 1.29 is 13.2 Å². The Morgan fingerprint density at radius 3 is 2.95 bits per heavy atom. The largest absolute Gasteiger partial charge is 0.347 e. The maximum absolute atomic E-state index is 12.4. The third-order valence-electron chi connectivity index (χ3n) is 3.76. The Kier molecular flexibility index (Phi) is 4.84. The van der Waals surface area contributed by atoms with Gasteiger partial charge in [-0.2, -0.15) is 0 Å². The second-order valence-corrected chi connectivity index (χ2v) is 7.04. The number of likely N-dealkylation sites (tertiary alicyclic amines) is 1. The van der Waals surface area contributed by atoms with E-state index in [2.05, 4.69) is 11.3 Å². The van der Waals surface area contributed by atoms with E-state index in [1.165, 1.54) is 0 Å². The van der Waals surface area contributed by atoms with Gasteiger partial charge >= 0.3 is 0 Å². The molecule has 0 bridgehead atoms. The van der Waals surface area contributed by atoms with E-state index < -0.39 is 10.0 Å². The summed E-state index contributed by atoms with van der Waals surface area (Å²) >= 11 is 0. The molecule has 1 aliphatic rings. The fraction of sp³-hybridized carbons (Fsp3) is 0.500. The van der Waals surface area contributed by atoms with Gasteiger partial charge in [-0.25, -0.2) is 13.1 Å². The zero-order chi connectivity index (χ0) is 15.5. The molecule has 6 nitrogen and oxygen atoms in total. The Balaban J connectivity index is 1.96. The Bertz CT molecular complexity index is 621. The molecule has 0 saturated carbocycles. The van der Waals surface area contributed by atoms with E-state index in [4.69, 9.17) is 0 Å². The van der Waals surface area contributed by atoms with Gasteiger partial charge in [-0.1, -0.05) is 6.58 Å². The first-order chi connectivity index (χ1) is 9.93. The standard InChI is InChI=1S/C14H21N3O3S/c1-3-21(19,20)15-10-12-6-4-9-17(11-12)14(18)13-7-5-8-16(13)2/h3,5,7-8,12,15H,1,4,6,9-11H2,2H3. The Hall–Kier alpha value is -1.60. The van der Waals surface area contributed by atoms with Crippen LogP contribution in [0.4, 0.5) is 0 Å². The minimum absolute atomic E-state index is 0.00113. The first-order valence-corrected chi connectivity index (χ1v) is 8.50. The second-order valence-electron chi connectivity index (χ2n) is 5.32. The Morgan fingerprint density at radius 1 is 1.57 bits per heavy atom. The van der Waals surface area contributed by atoms with Gasteiger partial charge in [-0.15, -0.1) is 0 Å². The molecule has 0 radical (unpaired) electrons. The van der Waals surface area contributed by atoms with Gasteiger partial charge in [0.25, 0.3) is 5.91 Å². The number of piperidine rings is 1. The molecule has 0 aromatic carbocycles. The Morgan fingerprint density at radius 2 is 2.33 bits per heavy atom. The molecule has 2 heterocycles. The summed E-state index contributed by atoms with van der Waals surface area (Å²) in [6.07, 6.45) is 3.64. The van der Waals surface area contributed by atoms with Gasteiger partial charge in [-0.05, 0) is 30.9 Å². The predicted octanol–water partition coefficient (Wildman–Crippen LogP) is 0.940. The van der Waals surface area contributed by atoms with Crippen LogP contribution in [-0.4, -0.2) is 43.4 Å². The van der Waals surface area contributed by atoms with Crippen molar-refractivity contribution in [2.75, 3.05) is 19.6 Å². The summed E-state index contributed by atoms with van der Waals surface area (Å²) in [5.41, 5.74) is 0.655. The van der Waals surface area contributed by atoms with Crippen molar-refractivity contribution in [1.82, 2.24) is 14.2 Å². The van der Waals surface area contributed by atoms with Crippen LogP contribution >= 0.6 is 0 Å². The molecule has 21 heavy (non-hydrogen) atoms. The first-order valence-electron chi connectivity index (χ1n) is 6.95. The zero-order valence-electron chi connectivity index (χ0n) is 12.2. The lowest BCUT2D eigenvalue weighted by Gasteiger charge is -2.32. The van der Waals surface area contributed by atoms with Crippen molar-refractivity contribution in [2.45, 2.75) is 12.8 Å². The summed E-state index contributed by atoms with van der Waals surface area (Å²) < 4.78 is 27.0. The summed E-state index contributed by atoms with van der Waals surface area (Å²) in [6.45, 7) is 4.89. The number of rotatable bonds is 5. The molecule has 1 aliphatic heterocycles. The van der Waals surface area contributed by atoms with E-state index in [0.29, 0.717) is 25.3 Å². The normalized spacial score (nSPS) is 19.5. The molecule has 1 unspecified atom stereocenters. The van der Waals surface area contributed by atoms with Gasteiger partial charge in [0.05, 0.1) is 0 Å². The fourth-order valence-electron chi connectivity index (χ4n) is 2.55. The molecule has 116 valence electrons. The summed E-state index contributed by atoms with van der Waals surface area (Å²) in [7, 11) is -1.56. The summed E-state index contributed by atoms with van der Waals surface area (Å²) in [6, 6.07) is 3.64. The monoisotopic (exact) mass is 311 g/mol. The molecule has 1 fully saturated rings. The molecule has 1 atom stereocenters. The molecule has 7 heteroatoms. The summed E-state index contributed by atoms with van der Waals surface area (Å²) in [5.74, 6) is 0.136.